The molecular weight excluding hydrogens is 757 g/mol. The largest absolute Gasteiger partial charge is 0.462 e. The molecule has 6 nitrogen and oxygen atoms in total. The van der Waals surface area contributed by atoms with Gasteiger partial charge in [0.15, 0.2) is 6.10 Å². The third-order valence-corrected chi connectivity index (χ3v) is 11.6. The van der Waals surface area contributed by atoms with Crippen LogP contribution in [0, 0.1) is 0 Å². The van der Waals surface area contributed by atoms with E-state index in [-0.39, 0.29) is 31.1 Å². The molecule has 0 saturated heterocycles. The summed E-state index contributed by atoms with van der Waals surface area (Å²) in [6.07, 6.45) is 58.4. The molecule has 0 unspecified atom stereocenters. The molecule has 0 aromatic heterocycles. The first-order valence-corrected chi connectivity index (χ1v) is 26.5. The molecule has 0 aromatic carbocycles. The molecule has 1 atom stereocenters. The average molecular weight is 857 g/mol. The summed E-state index contributed by atoms with van der Waals surface area (Å²) >= 11 is 0. The van der Waals surface area contributed by atoms with Crippen LogP contribution in [0.3, 0.4) is 0 Å². The lowest BCUT2D eigenvalue weighted by molar-refractivity contribution is -0.167. The number of carbonyl (C=O) groups is 3. The van der Waals surface area contributed by atoms with Gasteiger partial charge in [0.1, 0.15) is 13.2 Å². The van der Waals surface area contributed by atoms with Crippen LogP contribution in [0.25, 0.3) is 0 Å². The van der Waals surface area contributed by atoms with Crippen LogP contribution in [-0.2, 0) is 28.6 Å². The van der Waals surface area contributed by atoms with Gasteiger partial charge in [0.05, 0.1) is 0 Å². The number of unbranched alkanes of at least 4 members (excludes halogenated alkanes) is 31. The van der Waals surface area contributed by atoms with Gasteiger partial charge in [-0.05, 0) is 57.8 Å². The fraction of sp³-hybridized carbons (Fsp3) is 0.836. The van der Waals surface area contributed by atoms with Crippen LogP contribution in [0.15, 0.2) is 36.5 Å². The zero-order chi connectivity index (χ0) is 44.4. The lowest BCUT2D eigenvalue weighted by Crippen LogP contribution is -2.30. The van der Waals surface area contributed by atoms with Gasteiger partial charge in [-0.2, -0.15) is 0 Å². The lowest BCUT2D eigenvalue weighted by atomic mass is 10.0. The Bertz CT molecular complexity index is 1030. The van der Waals surface area contributed by atoms with Crippen LogP contribution in [0.4, 0.5) is 0 Å². The Morgan fingerprint density at radius 3 is 0.951 bits per heavy atom. The van der Waals surface area contributed by atoms with Crippen LogP contribution in [0.5, 0.6) is 0 Å². The molecule has 0 rings (SSSR count). The molecule has 0 aliphatic heterocycles. The van der Waals surface area contributed by atoms with Gasteiger partial charge in [0.25, 0.3) is 0 Å². The molecule has 0 heterocycles. The number of hydrogen-bond acceptors (Lipinski definition) is 6. The Labute approximate surface area is 378 Å². The maximum atomic E-state index is 12.8. The Morgan fingerprint density at radius 1 is 0.328 bits per heavy atom. The molecule has 0 saturated carbocycles. The van der Waals surface area contributed by atoms with Crippen molar-refractivity contribution in [2.75, 3.05) is 13.2 Å². The van der Waals surface area contributed by atoms with Crippen molar-refractivity contribution in [3.8, 4) is 0 Å². The normalized spacial score (nSPS) is 12.2. The number of carbonyl (C=O) groups excluding carboxylic acids is 3. The van der Waals surface area contributed by atoms with Crippen molar-refractivity contribution in [3.63, 3.8) is 0 Å². The van der Waals surface area contributed by atoms with E-state index in [2.05, 4.69) is 57.2 Å². The maximum Gasteiger partial charge on any atom is 0.306 e. The SMILES string of the molecule is CCCCC/C=C\C/C=C\C/C=C\CCCCCCC(=O)O[C@@H](COC(=O)CCCCCCCCCCCCC)COC(=O)CCCCCCCCCCCCCCCCC. The van der Waals surface area contributed by atoms with Gasteiger partial charge < -0.3 is 14.2 Å². The smallest absolute Gasteiger partial charge is 0.306 e. The summed E-state index contributed by atoms with van der Waals surface area (Å²) in [7, 11) is 0. The summed E-state index contributed by atoms with van der Waals surface area (Å²) < 4.78 is 16.8. The number of rotatable bonds is 48. The predicted molar refractivity (Wildman–Crippen MR) is 261 cm³/mol. The Kier molecular flexibility index (Phi) is 48.3. The second-order valence-corrected chi connectivity index (χ2v) is 17.8. The second-order valence-electron chi connectivity index (χ2n) is 17.8. The Hall–Kier alpha value is -2.37. The molecule has 0 N–H and O–H groups in total. The summed E-state index contributed by atoms with van der Waals surface area (Å²) in [6, 6.07) is 0. The number of esters is 3. The van der Waals surface area contributed by atoms with Crippen molar-refractivity contribution in [2.45, 2.75) is 284 Å². The first-order chi connectivity index (χ1) is 30.0. The number of allylic oxidation sites excluding steroid dienone is 6. The van der Waals surface area contributed by atoms with Gasteiger partial charge >= 0.3 is 17.9 Å². The van der Waals surface area contributed by atoms with Gasteiger partial charge in [-0.15, -0.1) is 0 Å². The van der Waals surface area contributed by atoms with E-state index in [1.54, 1.807) is 0 Å². The van der Waals surface area contributed by atoms with Crippen molar-refractivity contribution in [1.82, 2.24) is 0 Å². The molecule has 0 aliphatic carbocycles. The standard InChI is InChI=1S/C55H100O6/c1-4-7-10-13-16-19-22-24-26-27-29-31-34-37-40-43-46-49-55(58)61-52(50-59-53(56)47-44-41-38-35-32-21-18-15-12-9-6-3)51-60-54(57)48-45-42-39-36-33-30-28-25-23-20-17-14-11-8-5-2/h16,19,24,26,29,31,52H,4-15,17-18,20-23,25,27-28,30,32-51H2,1-3H3/b19-16-,26-24-,31-29-/t52-/m0/s1. The highest BCUT2D eigenvalue weighted by Gasteiger charge is 2.19. The van der Waals surface area contributed by atoms with Gasteiger partial charge in [0.2, 0.25) is 0 Å². The third-order valence-electron chi connectivity index (χ3n) is 11.6. The summed E-state index contributed by atoms with van der Waals surface area (Å²) in [5.74, 6) is -0.887. The second kappa shape index (κ2) is 50.3. The van der Waals surface area contributed by atoms with Crippen LogP contribution < -0.4 is 0 Å². The molecule has 0 bridgehead atoms. The minimum Gasteiger partial charge on any atom is -0.462 e. The summed E-state index contributed by atoms with van der Waals surface area (Å²) in [5, 5.41) is 0. The van der Waals surface area contributed by atoms with E-state index in [1.165, 1.54) is 154 Å². The molecular formula is C55H100O6. The van der Waals surface area contributed by atoms with E-state index in [0.29, 0.717) is 19.3 Å². The van der Waals surface area contributed by atoms with Crippen molar-refractivity contribution in [3.05, 3.63) is 36.5 Å². The lowest BCUT2D eigenvalue weighted by Gasteiger charge is -2.18. The molecule has 0 radical (unpaired) electrons. The molecule has 0 aromatic rings. The van der Waals surface area contributed by atoms with Crippen molar-refractivity contribution >= 4 is 17.9 Å². The minimum absolute atomic E-state index is 0.0771. The molecule has 0 fully saturated rings. The van der Waals surface area contributed by atoms with Crippen molar-refractivity contribution in [2.24, 2.45) is 0 Å². The molecule has 0 spiro atoms. The first kappa shape index (κ1) is 58.6. The third kappa shape index (κ3) is 48.5. The summed E-state index contributed by atoms with van der Waals surface area (Å²) in [6.45, 7) is 6.61. The highest BCUT2D eigenvalue weighted by molar-refractivity contribution is 5.71. The number of ether oxygens (including phenoxy) is 3. The highest BCUT2D eigenvalue weighted by atomic mass is 16.6. The van der Waals surface area contributed by atoms with Crippen LogP contribution in [0.1, 0.15) is 278 Å². The quantitative estimate of drug-likeness (QED) is 0.0262. The fourth-order valence-electron chi connectivity index (χ4n) is 7.63. The van der Waals surface area contributed by atoms with E-state index in [4.69, 9.17) is 14.2 Å². The first-order valence-electron chi connectivity index (χ1n) is 26.5. The average Bonchev–Trinajstić information content (AvgIpc) is 3.26. The van der Waals surface area contributed by atoms with Crippen LogP contribution in [0.2, 0.25) is 0 Å². The predicted octanol–water partition coefficient (Wildman–Crippen LogP) is 17.3. The van der Waals surface area contributed by atoms with E-state index in [0.717, 1.165) is 83.5 Å². The van der Waals surface area contributed by atoms with Crippen LogP contribution >= 0.6 is 0 Å². The van der Waals surface area contributed by atoms with Gasteiger partial charge in [-0.1, -0.05) is 237 Å². The fourth-order valence-corrected chi connectivity index (χ4v) is 7.63. The van der Waals surface area contributed by atoms with Gasteiger partial charge in [0, 0.05) is 19.3 Å². The molecule has 6 heteroatoms. The Morgan fingerprint density at radius 2 is 0.590 bits per heavy atom. The summed E-state index contributed by atoms with van der Waals surface area (Å²) in [4.78, 5) is 38.0. The van der Waals surface area contributed by atoms with Crippen molar-refractivity contribution < 1.29 is 28.6 Å². The zero-order valence-electron chi connectivity index (χ0n) is 40.7. The molecule has 0 amide bonds. The highest BCUT2D eigenvalue weighted by Crippen LogP contribution is 2.16. The van der Waals surface area contributed by atoms with Crippen molar-refractivity contribution in [1.29, 1.82) is 0 Å². The zero-order valence-corrected chi connectivity index (χ0v) is 40.7. The molecule has 0 aliphatic rings. The van der Waals surface area contributed by atoms with E-state index in [9.17, 15) is 14.4 Å². The summed E-state index contributed by atoms with van der Waals surface area (Å²) in [5.41, 5.74) is 0. The maximum absolute atomic E-state index is 12.8. The number of hydrogen-bond donors (Lipinski definition) is 0. The van der Waals surface area contributed by atoms with Gasteiger partial charge in [-0.25, -0.2) is 0 Å². The topological polar surface area (TPSA) is 78.9 Å². The van der Waals surface area contributed by atoms with E-state index in [1.807, 2.05) is 0 Å². The van der Waals surface area contributed by atoms with E-state index >= 15 is 0 Å². The minimum atomic E-state index is -0.778. The molecule has 356 valence electrons. The Balaban J connectivity index is 4.37. The van der Waals surface area contributed by atoms with E-state index < -0.39 is 6.10 Å². The molecule has 61 heavy (non-hydrogen) atoms. The van der Waals surface area contributed by atoms with Gasteiger partial charge in [-0.3, -0.25) is 14.4 Å². The van der Waals surface area contributed by atoms with Crippen LogP contribution in [-0.4, -0.2) is 37.2 Å². The monoisotopic (exact) mass is 857 g/mol.